The fraction of sp³-hybridized carbons (Fsp3) is 0.154. The number of anilines is 1. The van der Waals surface area contributed by atoms with Crippen molar-refractivity contribution in [1.29, 1.82) is 0 Å². The molecule has 8 nitrogen and oxygen atoms in total. The van der Waals surface area contributed by atoms with E-state index in [9.17, 15) is 31.2 Å². The van der Waals surface area contributed by atoms with E-state index in [0.717, 1.165) is 18.2 Å². The Balaban J connectivity index is 2.12. The highest BCUT2D eigenvalue weighted by atomic mass is 32.2. The number of amides is 1. The van der Waals surface area contributed by atoms with Crippen LogP contribution in [0.1, 0.15) is 20.7 Å². The monoisotopic (exact) mass is 546 g/mol. The van der Waals surface area contributed by atoms with E-state index in [1.54, 1.807) is 0 Å². The summed E-state index contributed by atoms with van der Waals surface area (Å²) in [5.74, 6) is -1.79. The molecule has 4 aromatic rings. The molecule has 3 aromatic carbocycles. The van der Waals surface area contributed by atoms with Gasteiger partial charge in [0.15, 0.2) is 0 Å². The van der Waals surface area contributed by atoms with Crippen molar-refractivity contribution in [1.82, 2.24) is 5.32 Å². The molecule has 0 atom stereocenters. The van der Waals surface area contributed by atoms with Crippen molar-refractivity contribution in [2.24, 2.45) is 0 Å². The number of ether oxygens (including phenoxy) is 1. The molecule has 4 rings (SSSR count). The van der Waals surface area contributed by atoms with Gasteiger partial charge in [0.25, 0.3) is 5.91 Å². The second kappa shape index (κ2) is 10.2. The molecule has 198 valence electrons. The first kappa shape index (κ1) is 26.7. The van der Waals surface area contributed by atoms with Gasteiger partial charge in [0, 0.05) is 29.6 Å². The first-order valence-electron chi connectivity index (χ1n) is 11.0. The summed E-state index contributed by atoms with van der Waals surface area (Å²) < 4.78 is 77.2. The number of methoxy groups -OCH3 is 1. The number of hydrogen-bond donors (Lipinski definition) is 1. The third-order valence-corrected chi connectivity index (χ3v) is 6.80. The van der Waals surface area contributed by atoms with Crippen molar-refractivity contribution in [2.75, 3.05) is 24.7 Å². The van der Waals surface area contributed by atoms with Crippen molar-refractivity contribution < 1.29 is 40.3 Å². The summed E-state index contributed by atoms with van der Waals surface area (Å²) in [7, 11) is -1.94. The fourth-order valence-corrected chi connectivity index (χ4v) is 4.86. The van der Waals surface area contributed by atoms with Gasteiger partial charge in [-0.15, -0.1) is 0 Å². The maximum Gasteiger partial charge on any atom is 0.337 e. The van der Waals surface area contributed by atoms with Gasteiger partial charge in [-0.05, 0) is 48.0 Å². The van der Waals surface area contributed by atoms with Gasteiger partial charge in [0.05, 0.1) is 30.2 Å². The molecule has 1 aromatic heterocycles. The molecule has 12 heteroatoms. The second-order valence-electron chi connectivity index (χ2n) is 8.17. The van der Waals surface area contributed by atoms with Gasteiger partial charge in [0.1, 0.15) is 17.2 Å². The van der Waals surface area contributed by atoms with Crippen LogP contribution < -0.4 is 9.62 Å². The molecule has 1 heterocycles. The summed E-state index contributed by atoms with van der Waals surface area (Å²) in [6.07, 6.45) is 0.625. The number of benzene rings is 3. The van der Waals surface area contributed by atoms with Crippen LogP contribution in [0.25, 0.3) is 33.4 Å². The Morgan fingerprint density at radius 2 is 1.71 bits per heavy atom. The van der Waals surface area contributed by atoms with Crippen LogP contribution in [0.5, 0.6) is 0 Å². The highest BCUT2D eigenvalue weighted by molar-refractivity contribution is 7.92. The normalized spacial score (nSPS) is 11.6. The number of furan rings is 1. The SMILES string of the molecule is CNC(=O)c1c(-c2ccc(F)cc2)oc2cc(N(C(F)F)S(C)(=O)=O)c(-c3cccc(C(=O)OC)c3)cc12. The van der Waals surface area contributed by atoms with Crippen LogP contribution in [0, 0.1) is 5.82 Å². The van der Waals surface area contributed by atoms with Gasteiger partial charge in [-0.2, -0.15) is 8.78 Å². The van der Waals surface area contributed by atoms with Crippen LogP contribution in [-0.4, -0.2) is 47.3 Å². The summed E-state index contributed by atoms with van der Waals surface area (Å²) in [6.45, 7) is -3.46. The standard InChI is InChI=1S/C26H21F3N2O6S/c1-30-24(32)22-19-12-18(15-5-4-6-16(11-15)25(33)36-2)20(31(26(28)29)38(3,34)35)13-21(19)37-23(22)14-7-9-17(27)10-8-14/h4-13,26H,1-3H3,(H,30,32). The third kappa shape index (κ3) is 4.94. The van der Waals surface area contributed by atoms with Gasteiger partial charge in [-0.3, -0.25) is 4.79 Å². The number of nitrogens with one attached hydrogen (secondary N) is 1. The van der Waals surface area contributed by atoms with E-state index in [2.05, 4.69) is 5.32 Å². The molecule has 0 saturated carbocycles. The molecular formula is C26H21F3N2O6S. The minimum atomic E-state index is -4.50. The summed E-state index contributed by atoms with van der Waals surface area (Å²) in [4.78, 5) is 25.1. The molecular weight excluding hydrogens is 525 g/mol. The van der Waals surface area contributed by atoms with Crippen LogP contribution in [-0.2, 0) is 14.8 Å². The minimum Gasteiger partial charge on any atom is -0.465 e. The molecule has 0 bridgehead atoms. The summed E-state index contributed by atoms with van der Waals surface area (Å²) >= 11 is 0. The molecule has 0 spiro atoms. The number of fused-ring (bicyclic) bond motifs is 1. The Morgan fingerprint density at radius 1 is 1.03 bits per heavy atom. The van der Waals surface area contributed by atoms with Crippen LogP contribution >= 0.6 is 0 Å². The number of carbonyl (C=O) groups is 2. The number of carbonyl (C=O) groups excluding carboxylic acids is 2. The summed E-state index contributed by atoms with van der Waals surface area (Å²) in [5.41, 5.74) is 0.0987. The zero-order chi connectivity index (χ0) is 27.8. The first-order chi connectivity index (χ1) is 18.0. The fourth-order valence-electron chi connectivity index (χ4n) is 4.06. The molecule has 0 radical (unpaired) electrons. The number of rotatable bonds is 7. The van der Waals surface area contributed by atoms with Gasteiger partial charge >= 0.3 is 12.5 Å². The highest BCUT2D eigenvalue weighted by Gasteiger charge is 2.32. The zero-order valence-electron chi connectivity index (χ0n) is 20.3. The van der Waals surface area contributed by atoms with E-state index < -0.39 is 40.0 Å². The number of nitrogens with zero attached hydrogens (tertiary/aromatic N) is 1. The van der Waals surface area contributed by atoms with Crippen LogP contribution in [0.3, 0.4) is 0 Å². The van der Waals surface area contributed by atoms with Gasteiger partial charge in [0.2, 0.25) is 10.0 Å². The number of alkyl halides is 2. The maximum absolute atomic E-state index is 14.2. The van der Waals surface area contributed by atoms with E-state index >= 15 is 0 Å². The number of hydrogen-bond acceptors (Lipinski definition) is 6. The molecule has 0 aliphatic heterocycles. The predicted octanol–water partition coefficient (Wildman–Crippen LogP) is 5.04. The first-order valence-corrected chi connectivity index (χ1v) is 12.9. The molecule has 0 unspecified atom stereocenters. The Hall–Kier alpha value is -4.32. The van der Waals surface area contributed by atoms with Crippen molar-refractivity contribution in [3.05, 3.63) is 77.6 Å². The minimum absolute atomic E-state index is 0.0220. The van der Waals surface area contributed by atoms with E-state index in [1.807, 2.05) is 0 Å². The van der Waals surface area contributed by atoms with Gasteiger partial charge in [-0.1, -0.05) is 12.1 Å². The van der Waals surface area contributed by atoms with Gasteiger partial charge < -0.3 is 14.5 Å². The largest absolute Gasteiger partial charge is 0.465 e. The smallest absolute Gasteiger partial charge is 0.337 e. The average molecular weight is 547 g/mol. The van der Waals surface area contributed by atoms with Crippen LogP contribution in [0.2, 0.25) is 0 Å². The molecule has 38 heavy (non-hydrogen) atoms. The Morgan fingerprint density at radius 3 is 2.29 bits per heavy atom. The van der Waals surface area contributed by atoms with E-state index in [-0.39, 0.29) is 43.3 Å². The molecule has 0 aliphatic rings. The maximum atomic E-state index is 14.2. The lowest BCUT2D eigenvalue weighted by molar-refractivity contribution is 0.0600. The van der Waals surface area contributed by atoms with Crippen molar-refractivity contribution >= 4 is 38.6 Å². The Bertz CT molecular complexity index is 1650. The topological polar surface area (TPSA) is 106 Å². The van der Waals surface area contributed by atoms with E-state index in [1.165, 1.54) is 56.6 Å². The number of esters is 1. The van der Waals surface area contributed by atoms with Crippen LogP contribution in [0.15, 0.2) is 65.1 Å². The molecule has 1 N–H and O–H groups in total. The second-order valence-corrected chi connectivity index (χ2v) is 10.0. The summed E-state index contributed by atoms with van der Waals surface area (Å²) in [5, 5.41) is 2.67. The number of sulfonamides is 1. The molecule has 1 amide bonds. The van der Waals surface area contributed by atoms with Crippen molar-refractivity contribution in [3.63, 3.8) is 0 Å². The summed E-state index contributed by atoms with van der Waals surface area (Å²) in [6, 6.07) is 13.3. The van der Waals surface area contributed by atoms with Gasteiger partial charge in [-0.25, -0.2) is 21.9 Å². The average Bonchev–Trinajstić information content (AvgIpc) is 3.25. The van der Waals surface area contributed by atoms with Crippen molar-refractivity contribution in [3.8, 4) is 22.5 Å². The third-order valence-electron chi connectivity index (χ3n) is 5.73. The van der Waals surface area contributed by atoms with Crippen molar-refractivity contribution in [2.45, 2.75) is 6.55 Å². The van der Waals surface area contributed by atoms with Crippen LogP contribution in [0.4, 0.5) is 18.9 Å². The Labute approximate surface area is 215 Å². The predicted molar refractivity (Wildman–Crippen MR) is 135 cm³/mol. The molecule has 0 saturated heterocycles. The lowest BCUT2D eigenvalue weighted by atomic mass is 9.97. The molecule has 0 aliphatic carbocycles. The Kier molecular flexibility index (Phi) is 7.18. The molecule has 0 fully saturated rings. The highest BCUT2D eigenvalue weighted by Crippen LogP contribution is 2.42. The lowest BCUT2D eigenvalue weighted by Crippen LogP contribution is -2.35. The lowest BCUT2D eigenvalue weighted by Gasteiger charge is -2.24. The number of halogens is 3. The quantitative estimate of drug-likeness (QED) is 0.257. The van der Waals surface area contributed by atoms with E-state index in [4.69, 9.17) is 9.15 Å². The van der Waals surface area contributed by atoms with E-state index in [0.29, 0.717) is 11.8 Å². The zero-order valence-corrected chi connectivity index (χ0v) is 21.1.